The van der Waals surface area contributed by atoms with Gasteiger partial charge in [0, 0.05) is 37.4 Å². The van der Waals surface area contributed by atoms with Gasteiger partial charge in [-0.2, -0.15) is 5.26 Å². The van der Waals surface area contributed by atoms with E-state index in [0.29, 0.717) is 6.54 Å². The van der Waals surface area contributed by atoms with E-state index in [-0.39, 0.29) is 18.7 Å². The summed E-state index contributed by atoms with van der Waals surface area (Å²) in [4.78, 5) is 13.3. The minimum Gasteiger partial charge on any atom is -0.464 e. The van der Waals surface area contributed by atoms with Crippen LogP contribution in [-0.4, -0.2) is 17.9 Å². The molecule has 0 spiro atoms. The summed E-state index contributed by atoms with van der Waals surface area (Å²) in [6, 6.07) is 9.71. The van der Waals surface area contributed by atoms with Gasteiger partial charge in [-0.1, -0.05) is 18.2 Å². The lowest BCUT2D eigenvalue weighted by atomic mass is 10.1. The van der Waals surface area contributed by atoms with Gasteiger partial charge in [-0.3, -0.25) is 4.79 Å². The largest absolute Gasteiger partial charge is 0.464 e. The molecule has 0 saturated carbocycles. The van der Waals surface area contributed by atoms with Crippen molar-refractivity contribution < 1.29 is 9.21 Å². The van der Waals surface area contributed by atoms with Crippen LogP contribution in [0.3, 0.4) is 0 Å². The van der Waals surface area contributed by atoms with Gasteiger partial charge in [0.15, 0.2) is 0 Å². The van der Waals surface area contributed by atoms with E-state index in [1.165, 1.54) is 0 Å². The fourth-order valence-electron chi connectivity index (χ4n) is 1.85. The number of carbonyl (C=O) groups is 1. The number of benzene rings is 1. The van der Waals surface area contributed by atoms with Crippen molar-refractivity contribution in [2.75, 3.05) is 7.05 Å². The molecule has 4 heteroatoms. The summed E-state index contributed by atoms with van der Waals surface area (Å²) >= 11 is 0. The van der Waals surface area contributed by atoms with Gasteiger partial charge in [0.1, 0.15) is 5.58 Å². The summed E-state index contributed by atoms with van der Waals surface area (Å²) in [6.07, 6.45) is 2.21. The molecule has 0 aliphatic carbocycles. The van der Waals surface area contributed by atoms with E-state index in [1.807, 2.05) is 30.3 Å². The molecule has 0 N–H and O–H groups in total. The zero-order valence-corrected chi connectivity index (χ0v) is 10.2. The van der Waals surface area contributed by atoms with Crippen LogP contribution in [0.4, 0.5) is 0 Å². The maximum absolute atomic E-state index is 11.7. The van der Waals surface area contributed by atoms with Crippen LogP contribution >= 0.6 is 0 Å². The molecular weight excluding hydrogens is 228 g/mol. The second-order valence-electron chi connectivity index (χ2n) is 4.17. The molecule has 0 unspecified atom stereocenters. The highest BCUT2D eigenvalue weighted by molar-refractivity contribution is 5.82. The van der Waals surface area contributed by atoms with Crippen LogP contribution in [0.2, 0.25) is 0 Å². The first-order chi connectivity index (χ1) is 8.72. The molecule has 0 radical (unpaired) electrons. The van der Waals surface area contributed by atoms with Crippen molar-refractivity contribution in [3.8, 4) is 6.07 Å². The molecule has 0 saturated heterocycles. The summed E-state index contributed by atoms with van der Waals surface area (Å²) in [6.45, 7) is 0.501. The number of furan rings is 1. The number of nitrogens with zero attached hydrogens (tertiary/aromatic N) is 2. The van der Waals surface area contributed by atoms with E-state index in [9.17, 15) is 4.79 Å². The number of nitriles is 1. The highest BCUT2D eigenvalue weighted by atomic mass is 16.3. The Hall–Kier alpha value is -2.28. The quantitative estimate of drug-likeness (QED) is 0.828. The van der Waals surface area contributed by atoms with E-state index < -0.39 is 0 Å². The van der Waals surface area contributed by atoms with Gasteiger partial charge in [0.25, 0.3) is 0 Å². The molecule has 1 aromatic carbocycles. The van der Waals surface area contributed by atoms with Crippen molar-refractivity contribution in [3.05, 3.63) is 36.1 Å². The molecular formula is C14H14N2O2. The number of hydrogen-bond donors (Lipinski definition) is 0. The maximum atomic E-state index is 11.7. The first kappa shape index (κ1) is 12.2. The SMILES string of the molecule is CN(Cc1coc2ccccc12)C(=O)CCC#N. The summed E-state index contributed by atoms with van der Waals surface area (Å²) in [7, 11) is 1.74. The highest BCUT2D eigenvalue weighted by Crippen LogP contribution is 2.21. The Bertz CT molecular complexity index is 595. The Morgan fingerprint density at radius 2 is 2.22 bits per heavy atom. The van der Waals surface area contributed by atoms with Crippen LogP contribution in [0.1, 0.15) is 18.4 Å². The van der Waals surface area contributed by atoms with E-state index in [0.717, 1.165) is 16.5 Å². The summed E-state index contributed by atoms with van der Waals surface area (Å²) in [5, 5.41) is 9.48. The predicted molar refractivity (Wildman–Crippen MR) is 67.5 cm³/mol. The number of carbonyl (C=O) groups excluding carboxylic acids is 1. The van der Waals surface area contributed by atoms with Crippen molar-refractivity contribution in [1.29, 1.82) is 5.26 Å². The topological polar surface area (TPSA) is 57.2 Å². The number of amides is 1. The van der Waals surface area contributed by atoms with Crippen molar-refractivity contribution in [2.45, 2.75) is 19.4 Å². The summed E-state index contributed by atoms with van der Waals surface area (Å²) in [5.41, 5.74) is 1.81. The van der Waals surface area contributed by atoms with Crippen LogP contribution < -0.4 is 0 Å². The zero-order chi connectivity index (χ0) is 13.0. The molecule has 0 bridgehead atoms. The minimum atomic E-state index is -0.0261. The average Bonchev–Trinajstić information content (AvgIpc) is 2.79. The molecule has 0 aliphatic heterocycles. The van der Waals surface area contributed by atoms with Gasteiger partial charge in [-0.25, -0.2) is 0 Å². The first-order valence-corrected chi connectivity index (χ1v) is 5.78. The molecule has 2 rings (SSSR count). The number of para-hydroxylation sites is 1. The smallest absolute Gasteiger partial charge is 0.223 e. The molecule has 0 fully saturated rings. The molecule has 1 amide bonds. The Labute approximate surface area is 105 Å². The molecule has 4 nitrogen and oxygen atoms in total. The van der Waals surface area contributed by atoms with Crippen molar-refractivity contribution in [1.82, 2.24) is 4.90 Å². The lowest BCUT2D eigenvalue weighted by Crippen LogP contribution is -2.25. The van der Waals surface area contributed by atoms with Crippen LogP contribution in [0.25, 0.3) is 11.0 Å². The third-order valence-corrected chi connectivity index (χ3v) is 2.85. The minimum absolute atomic E-state index is 0.0261. The zero-order valence-electron chi connectivity index (χ0n) is 10.2. The van der Waals surface area contributed by atoms with E-state index >= 15 is 0 Å². The second-order valence-corrected chi connectivity index (χ2v) is 4.17. The van der Waals surface area contributed by atoms with Gasteiger partial charge in [-0.15, -0.1) is 0 Å². The van der Waals surface area contributed by atoms with Gasteiger partial charge in [-0.05, 0) is 6.07 Å². The first-order valence-electron chi connectivity index (χ1n) is 5.78. The van der Waals surface area contributed by atoms with Crippen molar-refractivity contribution in [3.63, 3.8) is 0 Å². The third kappa shape index (κ3) is 2.51. The van der Waals surface area contributed by atoms with E-state index in [2.05, 4.69) is 0 Å². The standard InChI is InChI=1S/C14H14N2O2/c1-16(14(17)7-4-8-15)9-11-10-18-13-6-3-2-5-12(11)13/h2-3,5-6,10H,4,7,9H2,1H3. The Kier molecular flexibility index (Phi) is 3.63. The molecule has 2 aromatic rings. The number of rotatable bonds is 4. The van der Waals surface area contributed by atoms with Gasteiger partial charge in [0.2, 0.25) is 5.91 Å². The Morgan fingerprint density at radius 3 is 3.00 bits per heavy atom. The lowest BCUT2D eigenvalue weighted by molar-refractivity contribution is -0.130. The molecule has 1 aromatic heterocycles. The molecule has 1 heterocycles. The monoisotopic (exact) mass is 242 g/mol. The second kappa shape index (κ2) is 5.37. The van der Waals surface area contributed by atoms with Crippen LogP contribution in [0.15, 0.2) is 34.9 Å². The molecule has 92 valence electrons. The van der Waals surface area contributed by atoms with Crippen molar-refractivity contribution in [2.24, 2.45) is 0 Å². The highest BCUT2D eigenvalue weighted by Gasteiger charge is 2.12. The van der Waals surface area contributed by atoms with Gasteiger partial charge < -0.3 is 9.32 Å². The predicted octanol–water partition coefficient (Wildman–Crippen LogP) is 2.69. The Morgan fingerprint density at radius 1 is 1.44 bits per heavy atom. The van der Waals surface area contributed by atoms with Gasteiger partial charge in [0.05, 0.1) is 12.3 Å². The fourth-order valence-corrected chi connectivity index (χ4v) is 1.85. The van der Waals surface area contributed by atoms with Crippen LogP contribution in [0.5, 0.6) is 0 Å². The number of fused-ring (bicyclic) bond motifs is 1. The van der Waals surface area contributed by atoms with Crippen LogP contribution in [0, 0.1) is 11.3 Å². The van der Waals surface area contributed by atoms with E-state index in [1.54, 1.807) is 18.2 Å². The summed E-state index contributed by atoms with van der Waals surface area (Å²) < 4.78 is 5.42. The average molecular weight is 242 g/mol. The molecule has 0 aliphatic rings. The maximum Gasteiger partial charge on any atom is 0.223 e. The number of hydrogen-bond acceptors (Lipinski definition) is 3. The van der Waals surface area contributed by atoms with E-state index in [4.69, 9.17) is 9.68 Å². The fraction of sp³-hybridized carbons (Fsp3) is 0.286. The molecule has 18 heavy (non-hydrogen) atoms. The summed E-state index contributed by atoms with van der Waals surface area (Å²) in [5.74, 6) is -0.0261. The van der Waals surface area contributed by atoms with Crippen LogP contribution in [-0.2, 0) is 11.3 Å². The molecule has 0 atom stereocenters. The lowest BCUT2D eigenvalue weighted by Gasteiger charge is -2.15. The van der Waals surface area contributed by atoms with Gasteiger partial charge >= 0.3 is 0 Å². The third-order valence-electron chi connectivity index (χ3n) is 2.85. The van der Waals surface area contributed by atoms with Crippen molar-refractivity contribution >= 4 is 16.9 Å². The normalized spacial score (nSPS) is 10.2. The Balaban J connectivity index is 2.09.